The van der Waals surface area contributed by atoms with Crippen LogP contribution in [0.25, 0.3) is 0 Å². The molecular formula is C18H25NO2. The van der Waals surface area contributed by atoms with Gasteiger partial charge < -0.3 is 9.64 Å². The predicted molar refractivity (Wildman–Crippen MR) is 83.5 cm³/mol. The van der Waals surface area contributed by atoms with Gasteiger partial charge in [0.1, 0.15) is 5.75 Å². The molecule has 1 amide bonds. The number of hydrogen-bond donors (Lipinski definition) is 0. The highest BCUT2D eigenvalue weighted by Gasteiger charge is 2.36. The first kappa shape index (κ1) is 14.4. The molecule has 1 aliphatic heterocycles. The van der Waals surface area contributed by atoms with Gasteiger partial charge in [0.05, 0.1) is 7.11 Å². The van der Waals surface area contributed by atoms with E-state index in [-0.39, 0.29) is 0 Å². The summed E-state index contributed by atoms with van der Waals surface area (Å²) in [5, 5.41) is 0. The van der Waals surface area contributed by atoms with Crippen LogP contribution in [0.15, 0.2) is 18.2 Å². The highest BCUT2D eigenvalue weighted by atomic mass is 16.5. The number of carbonyl (C=O) groups excluding carboxylic acids is 1. The highest BCUT2D eigenvalue weighted by molar-refractivity contribution is 5.77. The van der Waals surface area contributed by atoms with Crippen LogP contribution in [0.5, 0.6) is 5.75 Å². The maximum atomic E-state index is 12.3. The molecule has 2 aliphatic rings. The Hall–Kier alpha value is -1.51. The summed E-state index contributed by atoms with van der Waals surface area (Å²) in [6.45, 7) is 3.07. The maximum absolute atomic E-state index is 12.3. The number of piperidine rings is 1. The van der Waals surface area contributed by atoms with E-state index in [2.05, 4.69) is 24.0 Å². The Morgan fingerprint density at radius 2 is 2.05 bits per heavy atom. The van der Waals surface area contributed by atoms with Crippen molar-refractivity contribution in [1.29, 1.82) is 0 Å². The minimum absolute atomic E-state index is 0.357. The van der Waals surface area contributed by atoms with E-state index in [1.54, 1.807) is 7.11 Å². The highest BCUT2D eigenvalue weighted by Crippen LogP contribution is 2.35. The van der Waals surface area contributed by atoms with Gasteiger partial charge in [0.2, 0.25) is 5.91 Å². The maximum Gasteiger partial charge on any atom is 0.222 e. The first-order valence-corrected chi connectivity index (χ1v) is 8.18. The third-order valence-corrected chi connectivity index (χ3v) is 5.09. The second kappa shape index (κ2) is 6.08. The van der Waals surface area contributed by atoms with E-state index < -0.39 is 0 Å². The summed E-state index contributed by atoms with van der Waals surface area (Å²) in [6.07, 6.45) is 6.16. The van der Waals surface area contributed by atoms with Gasteiger partial charge in [0, 0.05) is 19.0 Å². The third-order valence-electron chi connectivity index (χ3n) is 5.09. The lowest BCUT2D eigenvalue weighted by Crippen LogP contribution is -2.49. The number of benzene rings is 1. The van der Waals surface area contributed by atoms with Gasteiger partial charge in [-0.05, 0) is 61.3 Å². The number of likely N-dealkylation sites (tertiary alicyclic amines) is 1. The first-order chi connectivity index (χ1) is 10.2. The summed E-state index contributed by atoms with van der Waals surface area (Å²) in [5.41, 5.74) is 2.81. The lowest BCUT2D eigenvalue weighted by molar-refractivity contribution is -0.138. The molecule has 2 atom stereocenters. The van der Waals surface area contributed by atoms with E-state index in [9.17, 15) is 4.79 Å². The molecule has 1 aromatic rings. The predicted octanol–water partition coefficient (Wildman–Crippen LogP) is 3.20. The number of methoxy groups -OCH3 is 1. The Labute approximate surface area is 127 Å². The van der Waals surface area contributed by atoms with E-state index in [1.807, 2.05) is 6.07 Å². The van der Waals surface area contributed by atoms with Crippen molar-refractivity contribution in [3.05, 3.63) is 29.3 Å². The van der Waals surface area contributed by atoms with Crippen LogP contribution in [0.4, 0.5) is 0 Å². The molecule has 114 valence electrons. The molecule has 0 bridgehead atoms. The molecule has 3 nitrogen and oxygen atoms in total. The fourth-order valence-electron chi connectivity index (χ4n) is 3.96. The molecule has 1 fully saturated rings. The van der Waals surface area contributed by atoms with Crippen LogP contribution in [-0.4, -0.2) is 30.5 Å². The van der Waals surface area contributed by atoms with Crippen molar-refractivity contribution in [3.8, 4) is 5.75 Å². The Morgan fingerprint density at radius 1 is 1.24 bits per heavy atom. The van der Waals surface area contributed by atoms with Crippen molar-refractivity contribution in [1.82, 2.24) is 4.90 Å². The molecule has 3 heteroatoms. The van der Waals surface area contributed by atoms with Crippen LogP contribution in [0.1, 0.15) is 43.7 Å². The van der Waals surface area contributed by atoms with Crippen molar-refractivity contribution in [2.45, 2.75) is 51.5 Å². The van der Waals surface area contributed by atoms with Crippen LogP contribution >= 0.6 is 0 Å². The molecular weight excluding hydrogens is 262 g/mol. The number of nitrogens with zero attached hydrogens (tertiary/aromatic N) is 1. The second-order valence-corrected chi connectivity index (χ2v) is 6.33. The Bertz CT molecular complexity index is 526. The number of amides is 1. The Balaban J connectivity index is 1.89. The summed E-state index contributed by atoms with van der Waals surface area (Å²) >= 11 is 0. The largest absolute Gasteiger partial charge is 0.497 e. The number of carbonyl (C=O) groups is 1. The van der Waals surface area contributed by atoms with Crippen LogP contribution in [0.2, 0.25) is 0 Å². The number of fused-ring (bicyclic) bond motifs is 2. The van der Waals surface area contributed by atoms with E-state index in [1.165, 1.54) is 17.5 Å². The average molecular weight is 287 g/mol. The molecule has 1 aliphatic carbocycles. The number of rotatable bonds is 3. The smallest absolute Gasteiger partial charge is 0.222 e. The first-order valence-electron chi connectivity index (χ1n) is 8.18. The molecule has 0 radical (unpaired) electrons. The Kier molecular flexibility index (Phi) is 4.18. The summed E-state index contributed by atoms with van der Waals surface area (Å²) in [7, 11) is 1.72. The van der Waals surface area contributed by atoms with Gasteiger partial charge in [-0.15, -0.1) is 0 Å². The monoisotopic (exact) mass is 287 g/mol. The van der Waals surface area contributed by atoms with Crippen LogP contribution in [0, 0.1) is 5.92 Å². The molecule has 1 aromatic carbocycles. The van der Waals surface area contributed by atoms with Crippen molar-refractivity contribution >= 4 is 5.91 Å². The summed E-state index contributed by atoms with van der Waals surface area (Å²) < 4.78 is 5.35. The molecule has 1 heterocycles. The van der Waals surface area contributed by atoms with Gasteiger partial charge in [-0.1, -0.05) is 13.0 Å². The SMILES string of the molecule is CCCN1C(=O)CCC2CCc3cc(OC)ccc3CC21. The minimum atomic E-state index is 0.357. The average Bonchev–Trinajstić information content (AvgIpc) is 2.69. The van der Waals surface area contributed by atoms with Gasteiger partial charge >= 0.3 is 0 Å². The molecule has 0 aromatic heterocycles. The zero-order chi connectivity index (χ0) is 14.8. The van der Waals surface area contributed by atoms with Gasteiger partial charge in [0.25, 0.3) is 0 Å². The third kappa shape index (κ3) is 2.78. The van der Waals surface area contributed by atoms with E-state index >= 15 is 0 Å². The quantitative estimate of drug-likeness (QED) is 0.854. The molecule has 3 rings (SSSR count). The van der Waals surface area contributed by atoms with E-state index in [0.717, 1.165) is 44.4 Å². The van der Waals surface area contributed by atoms with Gasteiger partial charge in [-0.25, -0.2) is 0 Å². The number of aryl methyl sites for hydroxylation is 1. The van der Waals surface area contributed by atoms with Crippen molar-refractivity contribution in [2.75, 3.05) is 13.7 Å². The topological polar surface area (TPSA) is 29.5 Å². The summed E-state index contributed by atoms with van der Waals surface area (Å²) in [5.74, 6) is 1.96. The van der Waals surface area contributed by atoms with Crippen LogP contribution in [0.3, 0.4) is 0 Å². The standard InChI is InChI=1S/C18H25NO2/c1-3-10-19-17-12-15-6-8-16(21-2)11-14(15)5-4-13(17)7-9-18(19)20/h6,8,11,13,17H,3-5,7,9-10,12H2,1-2H3. The molecule has 0 spiro atoms. The molecule has 21 heavy (non-hydrogen) atoms. The van der Waals surface area contributed by atoms with E-state index in [4.69, 9.17) is 4.74 Å². The molecule has 0 N–H and O–H groups in total. The lowest BCUT2D eigenvalue weighted by atomic mass is 9.84. The number of ether oxygens (including phenoxy) is 1. The zero-order valence-corrected chi connectivity index (χ0v) is 13.1. The normalized spacial score (nSPS) is 25.0. The lowest BCUT2D eigenvalue weighted by Gasteiger charge is -2.40. The van der Waals surface area contributed by atoms with Crippen LogP contribution < -0.4 is 4.74 Å². The van der Waals surface area contributed by atoms with E-state index in [0.29, 0.717) is 17.9 Å². The fourth-order valence-corrected chi connectivity index (χ4v) is 3.96. The summed E-state index contributed by atoms with van der Waals surface area (Å²) in [6, 6.07) is 6.83. The molecule has 0 saturated carbocycles. The second-order valence-electron chi connectivity index (χ2n) is 6.33. The Morgan fingerprint density at radius 3 is 2.81 bits per heavy atom. The number of hydrogen-bond acceptors (Lipinski definition) is 2. The van der Waals surface area contributed by atoms with Crippen molar-refractivity contribution < 1.29 is 9.53 Å². The van der Waals surface area contributed by atoms with Gasteiger partial charge in [-0.3, -0.25) is 4.79 Å². The van der Waals surface area contributed by atoms with Crippen LogP contribution in [-0.2, 0) is 17.6 Å². The minimum Gasteiger partial charge on any atom is -0.497 e. The molecule has 1 saturated heterocycles. The molecule has 2 unspecified atom stereocenters. The van der Waals surface area contributed by atoms with Crippen molar-refractivity contribution in [2.24, 2.45) is 5.92 Å². The fraction of sp³-hybridized carbons (Fsp3) is 0.611. The van der Waals surface area contributed by atoms with Crippen molar-refractivity contribution in [3.63, 3.8) is 0 Å². The summed E-state index contributed by atoms with van der Waals surface area (Å²) in [4.78, 5) is 14.4. The zero-order valence-electron chi connectivity index (χ0n) is 13.1. The van der Waals surface area contributed by atoms with Gasteiger partial charge in [-0.2, -0.15) is 0 Å². The van der Waals surface area contributed by atoms with Gasteiger partial charge in [0.15, 0.2) is 0 Å².